The van der Waals surface area contributed by atoms with Gasteiger partial charge in [-0.05, 0) is 36.2 Å². The van der Waals surface area contributed by atoms with Crippen molar-refractivity contribution < 1.29 is 14.3 Å². The van der Waals surface area contributed by atoms with E-state index in [0.717, 1.165) is 11.3 Å². The number of hydrogen-bond acceptors (Lipinski definition) is 3. The highest BCUT2D eigenvalue weighted by molar-refractivity contribution is 5.93. The molecule has 2 N–H and O–H groups in total. The van der Waals surface area contributed by atoms with Gasteiger partial charge in [0.1, 0.15) is 5.82 Å². The van der Waals surface area contributed by atoms with Crippen molar-refractivity contribution in [1.29, 1.82) is 0 Å². The molecule has 0 saturated carbocycles. The van der Waals surface area contributed by atoms with E-state index in [2.05, 4.69) is 10.4 Å². The average molecular weight is 339 g/mol. The number of nitrogens with one attached hydrogen (secondary N) is 1. The number of halogens is 1. The first kappa shape index (κ1) is 16.9. The number of para-hydroxylation sites is 1. The van der Waals surface area contributed by atoms with Crippen LogP contribution in [0, 0.1) is 12.7 Å². The van der Waals surface area contributed by atoms with Crippen LogP contribution in [0.4, 0.5) is 4.39 Å². The molecule has 0 aliphatic carbocycles. The van der Waals surface area contributed by atoms with E-state index in [4.69, 9.17) is 5.11 Å². The Labute approximate surface area is 144 Å². The summed E-state index contributed by atoms with van der Waals surface area (Å²) < 4.78 is 15.0. The normalized spacial score (nSPS) is 10.7. The summed E-state index contributed by atoms with van der Waals surface area (Å²) in [6, 6.07) is 12.2. The van der Waals surface area contributed by atoms with E-state index >= 15 is 0 Å². The van der Waals surface area contributed by atoms with Gasteiger partial charge in [-0.1, -0.05) is 24.3 Å². The Balaban J connectivity index is 1.69. The van der Waals surface area contributed by atoms with Crippen LogP contribution < -0.4 is 5.32 Å². The summed E-state index contributed by atoms with van der Waals surface area (Å²) in [4.78, 5) is 12.3. The van der Waals surface area contributed by atoms with E-state index < -0.39 is 5.82 Å². The van der Waals surface area contributed by atoms with Gasteiger partial charge in [-0.3, -0.25) is 4.79 Å². The molecule has 0 radical (unpaired) electrons. The predicted octanol–water partition coefficient (Wildman–Crippen LogP) is 2.74. The van der Waals surface area contributed by atoms with Gasteiger partial charge >= 0.3 is 0 Å². The van der Waals surface area contributed by atoms with Crippen LogP contribution in [0.15, 0.2) is 54.9 Å². The summed E-state index contributed by atoms with van der Waals surface area (Å²) in [5.41, 5.74) is 3.32. The number of aromatic nitrogens is 2. The Bertz CT molecular complexity index is 905. The second-order valence-corrected chi connectivity index (χ2v) is 5.73. The third-order valence-corrected chi connectivity index (χ3v) is 3.94. The van der Waals surface area contributed by atoms with Crippen LogP contribution >= 0.6 is 0 Å². The molecule has 0 bridgehead atoms. The molecule has 1 heterocycles. The number of carbonyl (C=O) groups excluding carboxylic acids is 1. The Hall–Kier alpha value is -2.99. The summed E-state index contributed by atoms with van der Waals surface area (Å²) in [6.07, 6.45) is 3.17. The van der Waals surface area contributed by atoms with Crippen molar-refractivity contribution in [1.82, 2.24) is 15.1 Å². The average Bonchev–Trinajstić information content (AvgIpc) is 3.11. The highest BCUT2D eigenvalue weighted by atomic mass is 19.1. The first-order valence-corrected chi connectivity index (χ1v) is 7.85. The number of aliphatic hydroxyl groups is 1. The largest absolute Gasteiger partial charge is 0.392 e. The second kappa shape index (κ2) is 7.27. The fourth-order valence-corrected chi connectivity index (χ4v) is 2.54. The molecule has 5 nitrogen and oxygen atoms in total. The highest BCUT2D eigenvalue weighted by Crippen LogP contribution is 2.14. The van der Waals surface area contributed by atoms with Crippen molar-refractivity contribution in [3.05, 3.63) is 82.9 Å². The summed E-state index contributed by atoms with van der Waals surface area (Å²) >= 11 is 0. The maximum atomic E-state index is 13.4. The van der Waals surface area contributed by atoms with Gasteiger partial charge < -0.3 is 10.4 Å². The van der Waals surface area contributed by atoms with Crippen molar-refractivity contribution in [2.45, 2.75) is 20.1 Å². The molecule has 1 aromatic heterocycles. The smallest absolute Gasteiger partial charge is 0.254 e. The molecule has 3 rings (SSSR count). The minimum absolute atomic E-state index is 0.208. The maximum Gasteiger partial charge on any atom is 0.254 e. The molecule has 0 aliphatic rings. The molecule has 25 heavy (non-hydrogen) atoms. The van der Waals surface area contributed by atoms with E-state index in [0.29, 0.717) is 11.1 Å². The number of aliphatic hydroxyl groups excluding tert-OH is 1. The molecule has 0 unspecified atom stereocenters. The third kappa shape index (κ3) is 3.75. The van der Waals surface area contributed by atoms with E-state index in [1.54, 1.807) is 16.9 Å². The number of carbonyl (C=O) groups is 1. The van der Waals surface area contributed by atoms with Gasteiger partial charge in [-0.15, -0.1) is 0 Å². The quantitative estimate of drug-likeness (QED) is 0.751. The SMILES string of the molecule is Cc1ccccc1-n1cc(C(=O)NCc2ccc(F)c(CO)c2)cn1. The topological polar surface area (TPSA) is 67.2 Å². The number of hydrogen-bond donors (Lipinski definition) is 2. The fourth-order valence-electron chi connectivity index (χ4n) is 2.54. The Kier molecular flexibility index (Phi) is 4.90. The summed E-state index contributed by atoms with van der Waals surface area (Å²) in [7, 11) is 0. The first-order chi connectivity index (χ1) is 12.1. The van der Waals surface area contributed by atoms with Crippen LogP contribution in [0.2, 0.25) is 0 Å². The number of nitrogens with zero attached hydrogens (tertiary/aromatic N) is 2. The number of aryl methyl sites for hydroxylation is 1. The fraction of sp³-hybridized carbons (Fsp3) is 0.158. The van der Waals surface area contributed by atoms with E-state index in [9.17, 15) is 9.18 Å². The van der Waals surface area contributed by atoms with Crippen molar-refractivity contribution >= 4 is 5.91 Å². The molecular weight excluding hydrogens is 321 g/mol. The van der Waals surface area contributed by atoms with Crippen molar-refractivity contribution in [3.8, 4) is 5.69 Å². The van der Waals surface area contributed by atoms with Crippen LogP contribution in [-0.2, 0) is 13.2 Å². The Morgan fingerprint density at radius 1 is 1.28 bits per heavy atom. The first-order valence-electron chi connectivity index (χ1n) is 7.85. The molecule has 0 atom stereocenters. The lowest BCUT2D eigenvalue weighted by Crippen LogP contribution is -2.22. The lowest BCUT2D eigenvalue weighted by molar-refractivity contribution is 0.0951. The van der Waals surface area contributed by atoms with Crippen LogP contribution in [0.3, 0.4) is 0 Å². The molecule has 6 heteroatoms. The van der Waals surface area contributed by atoms with Gasteiger partial charge in [0, 0.05) is 18.3 Å². The summed E-state index contributed by atoms with van der Waals surface area (Å²) in [6.45, 7) is 1.84. The molecule has 128 valence electrons. The lowest BCUT2D eigenvalue weighted by Gasteiger charge is -2.06. The third-order valence-electron chi connectivity index (χ3n) is 3.94. The Morgan fingerprint density at radius 2 is 2.08 bits per heavy atom. The maximum absolute atomic E-state index is 13.4. The molecule has 0 saturated heterocycles. The Morgan fingerprint density at radius 3 is 2.84 bits per heavy atom. The molecule has 0 fully saturated rings. The summed E-state index contributed by atoms with van der Waals surface area (Å²) in [5, 5.41) is 16.1. The zero-order chi connectivity index (χ0) is 17.8. The van der Waals surface area contributed by atoms with Crippen molar-refractivity contribution in [2.75, 3.05) is 0 Å². The van der Waals surface area contributed by atoms with Gasteiger partial charge in [0.15, 0.2) is 0 Å². The van der Waals surface area contributed by atoms with Crippen LogP contribution in [0.1, 0.15) is 27.0 Å². The molecule has 1 amide bonds. The standard InChI is InChI=1S/C19H18FN3O2/c1-13-4-2-3-5-18(13)23-11-16(10-22-23)19(25)21-9-14-6-7-17(20)15(8-14)12-24/h2-8,10-11,24H,9,12H2,1H3,(H,21,25). The van der Waals surface area contributed by atoms with Gasteiger partial charge in [0.05, 0.1) is 24.1 Å². The van der Waals surface area contributed by atoms with Crippen LogP contribution in [0.25, 0.3) is 5.69 Å². The number of rotatable bonds is 5. The van der Waals surface area contributed by atoms with E-state index in [1.165, 1.54) is 18.3 Å². The molecule has 3 aromatic rings. The molecule has 0 aliphatic heterocycles. The minimum atomic E-state index is -0.461. The monoisotopic (exact) mass is 339 g/mol. The van der Waals surface area contributed by atoms with E-state index in [-0.39, 0.29) is 24.6 Å². The predicted molar refractivity (Wildman–Crippen MR) is 91.8 cm³/mol. The van der Waals surface area contributed by atoms with Crippen molar-refractivity contribution in [2.24, 2.45) is 0 Å². The zero-order valence-electron chi connectivity index (χ0n) is 13.7. The highest BCUT2D eigenvalue weighted by Gasteiger charge is 2.11. The number of benzene rings is 2. The zero-order valence-corrected chi connectivity index (χ0v) is 13.7. The minimum Gasteiger partial charge on any atom is -0.392 e. The molecular formula is C19H18FN3O2. The molecule has 2 aromatic carbocycles. The number of amides is 1. The van der Waals surface area contributed by atoms with Gasteiger partial charge in [-0.25, -0.2) is 9.07 Å². The summed E-state index contributed by atoms with van der Waals surface area (Å²) in [5.74, 6) is -0.730. The van der Waals surface area contributed by atoms with Gasteiger partial charge in [0.2, 0.25) is 0 Å². The van der Waals surface area contributed by atoms with Crippen LogP contribution in [0.5, 0.6) is 0 Å². The lowest BCUT2D eigenvalue weighted by atomic mass is 10.1. The van der Waals surface area contributed by atoms with Crippen molar-refractivity contribution in [3.63, 3.8) is 0 Å². The molecule has 0 spiro atoms. The second-order valence-electron chi connectivity index (χ2n) is 5.73. The van der Waals surface area contributed by atoms with Gasteiger partial charge in [0.25, 0.3) is 5.91 Å². The van der Waals surface area contributed by atoms with Crippen LogP contribution in [-0.4, -0.2) is 20.8 Å². The van der Waals surface area contributed by atoms with E-state index in [1.807, 2.05) is 31.2 Å². The van der Waals surface area contributed by atoms with Gasteiger partial charge in [-0.2, -0.15) is 5.10 Å².